The molecular formula is C18H14Br2N2O2S2. The molecule has 26 heavy (non-hydrogen) atoms. The predicted octanol–water partition coefficient (Wildman–Crippen LogP) is 5.25. The van der Waals surface area contributed by atoms with E-state index in [1.165, 1.54) is 23.5 Å². The molecule has 0 unspecified atom stereocenters. The molecule has 4 rings (SSSR count). The van der Waals surface area contributed by atoms with Crippen LogP contribution in [0.25, 0.3) is 0 Å². The largest absolute Gasteiger partial charge is 0.361 e. The Morgan fingerprint density at radius 3 is 1.96 bits per heavy atom. The second-order valence-electron chi connectivity index (χ2n) is 6.06. The maximum atomic E-state index is 13.5. The highest BCUT2D eigenvalue weighted by atomic mass is 79.9. The van der Waals surface area contributed by atoms with Crippen molar-refractivity contribution in [3.05, 3.63) is 56.5 Å². The fourth-order valence-electron chi connectivity index (χ4n) is 3.57. The second kappa shape index (κ2) is 6.29. The van der Waals surface area contributed by atoms with Gasteiger partial charge in [0.25, 0.3) is 0 Å². The lowest BCUT2D eigenvalue weighted by Crippen LogP contribution is -2.63. The average molecular weight is 514 g/mol. The number of Topliss-reactive ketones (excluding diaryl/α,β-unsaturated/α-hetero) is 2. The Labute approximate surface area is 176 Å². The third-order valence-corrected chi connectivity index (χ3v) is 8.35. The van der Waals surface area contributed by atoms with Gasteiger partial charge >= 0.3 is 0 Å². The van der Waals surface area contributed by atoms with E-state index in [9.17, 15) is 9.59 Å². The number of rotatable bonds is 3. The number of halogens is 2. The first-order chi connectivity index (χ1) is 12.4. The molecule has 2 atom stereocenters. The van der Waals surface area contributed by atoms with Crippen LogP contribution in [0.5, 0.6) is 0 Å². The molecule has 2 N–H and O–H groups in total. The molecule has 2 aliphatic heterocycles. The normalized spacial score (nSPS) is 26.3. The molecule has 2 heterocycles. The Hall–Kier alpha value is -0.960. The van der Waals surface area contributed by atoms with E-state index in [1.807, 2.05) is 36.8 Å². The van der Waals surface area contributed by atoms with Gasteiger partial charge in [-0.3, -0.25) is 9.59 Å². The van der Waals surface area contributed by atoms with Crippen molar-refractivity contribution in [1.29, 1.82) is 0 Å². The number of anilines is 2. The van der Waals surface area contributed by atoms with E-state index in [1.54, 1.807) is 12.1 Å². The minimum absolute atomic E-state index is 0.0884. The number of benzene rings is 2. The van der Waals surface area contributed by atoms with E-state index in [0.29, 0.717) is 11.1 Å². The van der Waals surface area contributed by atoms with Gasteiger partial charge in [-0.05, 0) is 48.9 Å². The summed E-state index contributed by atoms with van der Waals surface area (Å²) in [6.07, 6.45) is 3.72. The molecule has 4 nitrogen and oxygen atoms in total. The molecule has 2 aromatic rings. The highest BCUT2D eigenvalue weighted by Gasteiger charge is 2.66. The molecule has 2 aliphatic rings. The number of hydrogen-bond donors (Lipinski definition) is 2. The Morgan fingerprint density at radius 2 is 1.31 bits per heavy atom. The highest BCUT2D eigenvalue weighted by Crippen LogP contribution is 2.55. The lowest BCUT2D eigenvalue weighted by Gasteiger charge is -2.42. The topological polar surface area (TPSA) is 58.2 Å². The molecule has 0 aromatic heterocycles. The zero-order valence-corrected chi connectivity index (χ0v) is 18.7. The smallest absolute Gasteiger partial charge is 0.204 e. The third kappa shape index (κ3) is 2.28. The van der Waals surface area contributed by atoms with E-state index in [4.69, 9.17) is 0 Å². The summed E-state index contributed by atoms with van der Waals surface area (Å²) in [5, 5.41) is 6.73. The van der Waals surface area contributed by atoms with Gasteiger partial charge < -0.3 is 10.6 Å². The molecular weight excluding hydrogens is 500 g/mol. The van der Waals surface area contributed by atoms with Crippen molar-refractivity contribution in [2.24, 2.45) is 0 Å². The van der Waals surface area contributed by atoms with Crippen LogP contribution in [0.15, 0.2) is 45.3 Å². The van der Waals surface area contributed by atoms with Crippen LogP contribution in [0, 0.1) is 0 Å². The molecule has 0 saturated heterocycles. The van der Waals surface area contributed by atoms with Gasteiger partial charge in [0, 0.05) is 31.4 Å². The van der Waals surface area contributed by atoms with Crippen LogP contribution < -0.4 is 10.6 Å². The van der Waals surface area contributed by atoms with Crippen molar-refractivity contribution < 1.29 is 9.59 Å². The van der Waals surface area contributed by atoms with Crippen molar-refractivity contribution in [2.75, 3.05) is 23.1 Å². The number of hydrogen-bond acceptors (Lipinski definition) is 6. The van der Waals surface area contributed by atoms with Gasteiger partial charge in [-0.2, -0.15) is 0 Å². The van der Waals surface area contributed by atoms with E-state index in [0.717, 1.165) is 20.3 Å². The summed E-state index contributed by atoms with van der Waals surface area (Å²) in [4.78, 5) is 24.7. The van der Waals surface area contributed by atoms with Gasteiger partial charge in [-0.1, -0.05) is 31.9 Å². The van der Waals surface area contributed by atoms with E-state index >= 15 is 0 Å². The number of thioether (sulfide) groups is 2. The molecule has 0 spiro atoms. The molecule has 0 radical (unpaired) electrons. The van der Waals surface area contributed by atoms with Crippen LogP contribution in [0.3, 0.4) is 0 Å². The molecule has 0 amide bonds. The minimum atomic E-state index is -1.14. The van der Waals surface area contributed by atoms with Gasteiger partial charge in [0.1, 0.15) is 0 Å². The molecule has 0 saturated carbocycles. The Kier molecular flexibility index (Phi) is 4.45. The standard InChI is InChI=1S/C18H14Br2N2O2S2/c1-25-17(15(23)11-5-3-10(20)8-14(11)22-17)18(26-2)16(24)12-7-9(19)4-6-13(12)21-18/h3-8,21-22H,1-2H3/t17-,18-/m0/s1. The fourth-order valence-corrected chi connectivity index (χ4v) is 6.67. The van der Waals surface area contributed by atoms with Crippen LogP contribution >= 0.6 is 55.4 Å². The quantitative estimate of drug-likeness (QED) is 0.584. The number of nitrogens with one attached hydrogen (secondary N) is 2. The van der Waals surface area contributed by atoms with Gasteiger partial charge in [0.15, 0.2) is 9.74 Å². The molecule has 0 bridgehead atoms. The third-order valence-electron chi connectivity index (χ3n) is 4.82. The maximum Gasteiger partial charge on any atom is 0.204 e. The second-order valence-corrected chi connectivity index (χ2v) is 9.93. The summed E-state index contributed by atoms with van der Waals surface area (Å²) in [5.41, 5.74) is 2.67. The summed E-state index contributed by atoms with van der Waals surface area (Å²) in [7, 11) is 0. The van der Waals surface area contributed by atoms with Gasteiger partial charge in [-0.25, -0.2) is 0 Å². The molecule has 0 fully saturated rings. The summed E-state index contributed by atoms with van der Waals surface area (Å²) < 4.78 is 1.71. The van der Waals surface area contributed by atoms with Gasteiger partial charge in [0.2, 0.25) is 11.6 Å². The number of carbonyl (C=O) groups is 2. The number of fused-ring (bicyclic) bond motifs is 2. The summed E-state index contributed by atoms with van der Waals surface area (Å²) in [6.45, 7) is 0. The van der Waals surface area contributed by atoms with Crippen LogP contribution in [0.1, 0.15) is 20.7 Å². The lowest BCUT2D eigenvalue weighted by molar-refractivity contribution is 0.0874. The number of ketones is 2. The van der Waals surface area contributed by atoms with E-state index < -0.39 is 9.74 Å². The Morgan fingerprint density at radius 1 is 0.769 bits per heavy atom. The van der Waals surface area contributed by atoms with E-state index in [2.05, 4.69) is 42.5 Å². The Balaban J connectivity index is 1.89. The van der Waals surface area contributed by atoms with Crippen LogP contribution in [0.2, 0.25) is 0 Å². The molecule has 0 aliphatic carbocycles. The van der Waals surface area contributed by atoms with Crippen LogP contribution in [0.4, 0.5) is 11.4 Å². The fraction of sp³-hybridized carbons (Fsp3) is 0.222. The SMILES string of the molecule is CS[C@@]1([C@]2(SC)Nc3ccc(Br)cc3C2=O)Nc2cc(Br)ccc2C1=O. The van der Waals surface area contributed by atoms with Crippen LogP contribution in [-0.2, 0) is 0 Å². The highest BCUT2D eigenvalue weighted by molar-refractivity contribution is 9.10. The zero-order chi connectivity index (χ0) is 18.7. The Bertz CT molecular complexity index is 964. The van der Waals surface area contributed by atoms with E-state index in [-0.39, 0.29) is 11.6 Å². The minimum Gasteiger partial charge on any atom is -0.361 e. The first kappa shape index (κ1) is 18.4. The summed E-state index contributed by atoms with van der Waals surface area (Å²) in [6, 6.07) is 11.1. The summed E-state index contributed by atoms with van der Waals surface area (Å²) in [5.74, 6) is -0.182. The average Bonchev–Trinajstić information content (AvgIpc) is 3.08. The van der Waals surface area contributed by atoms with Crippen molar-refractivity contribution in [1.82, 2.24) is 0 Å². The summed E-state index contributed by atoms with van der Waals surface area (Å²) >= 11 is 9.60. The van der Waals surface area contributed by atoms with Crippen molar-refractivity contribution >= 4 is 78.3 Å². The van der Waals surface area contributed by atoms with Crippen LogP contribution in [-0.4, -0.2) is 33.8 Å². The first-order valence-electron chi connectivity index (χ1n) is 7.74. The first-order valence-corrected chi connectivity index (χ1v) is 11.8. The van der Waals surface area contributed by atoms with Crippen molar-refractivity contribution in [3.8, 4) is 0 Å². The predicted molar refractivity (Wildman–Crippen MR) is 117 cm³/mol. The maximum absolute atomic E-state index is 13.5. The van der Waals surface area contributed by atoms with Crippen molar-refractivity contribution in [2.45, 2.75) is 9.74 Å². The number of carbonyl (C=O) groups excluding carboxylic acids is 2. The van der Waals surface area contributed by atoms with Gasteiger partial charge in [-0.15, -0.1) is 23.5 Å². The molecule has 8 heteroatoms. The van der Waals surface area contributed by atoms with Crippen molar-refractivity contribution in [3.63, 3.8) is 0 Å². The zero-order valence-electron chi connectivity index (χ0n) is 13.9. The molecule has 2 aromatic carbocycles. The molecule has 134 valence electrons. The monoisotopic (exact) mass is 512 g/mol. The lowest BCUT2D eigenvalue weighted by atomic mass is 9.96. The van der Waals surface area contributed by atoms with Gasteiger partial charge in [0.05, 0.1) is 0 Å².